The number of amides is 1. The lowest BCUT2D eigenvalue weighted by molar-refractivity contribution is -0.116. The summed E-state index contributed by atoms with van der Waals surface area (Å²) in [6.07, 6.45) is 1.04. The molecule has 0 aromatic heterocycles. The Morgan fingerprint density at radius 3 is 2.25 bits per heavy atom. The highest BCUT2D eigenvalue weighted by atomic mass is 35.5. The van der Waals surface area contributed by atoms with Gasteiger partial charge in [0, 0.05) is 15.7 Å². The van der Waals surface area contributed by atoms with Crippen LogP contribution in [0.15, 0.2) is 48.5 Å². The smallest absolute Gasteiger partial charge is 0.247 e. The largest absolute Gasteiger partial charge is 0.324 e. The third kappa shape index (κ3) is 4.63. The average Bonchev–Trinajstić information content (AvgIpc) is 2.48. The van der Waals surface area contributed by atoms with Crippen molar-refractivity contribution in [1.82, 2.24) is 0 Å². The van der Waals surface area contributed by atoms with Crippen molar-refractivity contribution >= 4 is 50.5 Å². The second-order valence-electron chi connectivity index (χ2n) is 5.21. The lowest BCUT2D eigenvalue weighted by atomic mass is 10.2. The Labute approximate surface area is 151 Å². The van der Waals surface area contributed by atoms with Crippen molar-refractivity contribution in [2.24, 2.45) is 0 Å². The fourth-order valence-electron chi connectivity index (χ4n) is 2.20. The molecule has 0 fully saturated rings. The summed E-state index contributed by atoms with van der Waals surface area (Å²) in [7, 11) is -3.69. The molecule has 1 atom stereocenters. The fraction of sp³-hybridized carbons (Fsp3) is 0.188. The molecule has 2 aromatic rings. The normalized spacial score (nSPS) is 12.5. The van der Waals surface area contributed by atoms with Crippen molar-refractivity contribution in [2.75, 3.05) is 15.9 Å². The highest BCUT2D eigenvalue weighted by molar-refractivity contribution is 7.92. The van der Waals surface area contributed by atoms with E-state index in [1.807, 2.05) is 0 Å². The number of sulfonamides is 1. The molecule has 2 rings (SSSR count). The van der Waals surface area contributed by atoms with Gasteiger partial charge in [-0.2, -0.15) is 0 Å². The van der Waals surface area contributed by atoms with Crippen molar-refractivity contribution in [3.63, 3.8) is 0 Å². The first-order chi connectivity index (χ1) is 11.2. The maximum Gasteiger partial charge on any atom is 0.247 e. The van der Waals surface area contributed by atoms with Crippen LogP contribution in [0.3, 0.4) is 0 Å². The van der Waals surface area contributed by atoms with E-state index in [2.05, 4.69) is 5.32 Å². The van der Waals surface area contributed by atoms with Crippen LogP contribution in [0, 0.1) is 0 Å². The van der Waals surface area contributed by atoms with Gasteiger partial charge in [0.2, 0.25) is 15.9 Å². The number of halogens is 2. The van der Waals surface area contributed by atoms with E-state index in [0.29, 0.717) is 21.4 Å². The van der Waals surface area contributed by atoms with E-state index in [4.69, 9.17) is 23.2 Å². The summed E-state index contributed by atoms with van der Waals surface area (Å²) in [5.74, 6) is -0.470. The van der Waals surface area contributed by atoms with Crippen molar-refractivity contribution in [1.29, 1.82) is 0 Å². The summed E-state index contributed by atoms with van der Waals surface area (Å²) in [5.41, 5.74) is 0.847. The fourth-order valence-corrected chi connectivity index (χ4v) is 3.68. The zero-order valence-electron chi connectivity index (χ0n) is 13.0. The molecule has 0 saturated heterocycles. The molecule has 0 aliphatic carbocycles. The third-order valence-corrected chi connectivity index (χ3v) is 4.99. The first kappa shape index (κ1) is 18.6. The molecule has 0 aliphatic rings. The number of hydrogen-bond acceptors (Lipinski definition) is 3. The van der Waals surface area contributed by atoms with Gasteiger partial charge in [0.05, 0.1) is 11.9 Å². The van der Waals surface area contributed by atoms with Crippen LogP contribution in [0.5, 0.6) is 0 Å². The highest BCUT2D eigenvalue weighted by Gasteiger charge is 2.29. The Kier molecular flexibility index (Phi) is 5.74. The molecule has 0 unspecified atom stereocenters. The Balaban J connectivity index is 2.29. The third-order valence-electron chi connectivity index (χ3n) is 3.26. The summed E-state index contributed by atoms with van der Waals surface area (Å²) >= 11 is 11.7. The minimum absolute atomic E-state index is 0.323. The maximum atomic E-state index is 12.5. The number of rotatable bonds is 5. The van der Waals surface area contributed by atoms with Gasteiger partial charge in [-0.1, -0.05) is 29.3 Å². The molecule has 5 nitrogen and oxygen atoms in total. The van der Waals surface area contributed by atoms with Gasteiger partial charge in [0.1, 0.15) is 6.04 Å². The molecule has 0 spiro atoms. The summed E-state index contributed by atoms with van der Waals surface area (Å²) in [6.45, 7) is 1.51. The van der Waals surface area contributed by atoms with Gasteiger partial charge >= 0.3 is 0 Å². The van der Waals surface area contributed by atoms with E-state index < -0.39 is 22.0 Å². The van der Waals surface area contributed by atoms with E-state index in [-0.39, 0.29) is 0 Å². The SMILES string of the molecule is C[C@@H](C(=O)Nc1ccc(Cl)cc1)N(c1cccc(Cl)c1)S(C)(=O)=O. The maximum absolute atomic E-state index is 12.5. The van der Waals surface area contributed by atoms with Crippen molar-refractivity contribution < 1.29 is 13.2 Å². The number of carbonyl (C=O) groups excluding carboxylic acids is 1. The Morgan fingerprint density at radius 2 is 1.71 bits per heavy atom. The molecular weight excluding hydrogens is 371 g/mol. The van der Waals surface area contributed by atoms with E-state index >= 15 is 0 Å². The van der Waals surface area contributed by atoms with Crippen molar-refractivity contribution in [2.45, 2.75) is 13.0 Å². The second-order valence-corrected chi connectivity index (χ2v) is 7.94. The minimum atomic E-state index is -3.69. The van der Waals surface area contributed by atoms with Gasteiger partial charge in [-0.3, -0.25) is 9.10 Å². The highest BCUT2D eigenvalue weighted by Crippen LogP contribution is 2.24. The predicted octanol–water partition coefficient (Wildman–Crippen LogP) is 3.79. The van der Waals surface area contributed by atoms with Gasteiger partial charge in [-0.15, -0.1) is 0 Å². The molecule has 0 heterocycles. The zero-order valence-corrected chi connectivity index (χ0v) is 15.4. The van der Waals surface area contributed by atoms with Gasteiger partial charge < -0.3 is 5.32 Å². The van der Waals surface area contributed by atoms with Gasteiger partial charge in [-0.25, -0.2) is 8.42 Å². The number of benzene rings is 2. The Bertz CT molecular complexity index is 839. The van der Waals surface area contributed by atoms with Crippen LogP contribution in [-0.2, 0) is 14.8 Å². The molecule has 1 N–H and O–H groups in total. The standard InChI is InChI=1S/C16H16Cl2N2O3S/c1-11(16(21)19-14-8-6-12(17)7-9-14)20(24(2,22)23)15-5-3-4-13(18)10-15/h3-11H,1-2H3,(H,19,21)/t11-/m0/s1. The lowest BCUT2D eigenvalue weighted by Gasteiger charge is -2.28. The van der Waals surface area contributed by atoms with Gasteiger partial charge in [0.25, 0.3) is 0 Å². The molecule has 0 aliphatic heterocycles. The second kappa shape index (κ2) is 7.42. The van der Waals surface area contributed by atoms with Gasteiger partial charge in [0.15, 0.2) is 0 Å². The van der Waals surface area contributed by atoms with Crippen LogP contribution in [0.4, 0.5) is 11.4 Å². The summed E-state index contributed by atoms with van der Waals surface area (Å²) in [4.78, 5) is 12.5. The molecule has 0 bridgehead atoms. The Morgan fingerprint density at radius 1 is 1.08 bits per heavy atom. The molecular formula is C16H16Cl2N2O3S. The lowest BCUT2D eigenvalue weighted by Crippen LogP contribution is -2.45. The van der Waals surface area contributed by atoms with Gasteiger partial charge in [-0.05, 0) is 49.4 Å². The number of nitrogens with zero attached hydrogens (tertiary/aromatic N) is 1. The van der Waals surface area contributed by atoms with Crippen LogP contribution in [0.2, 0.25) is 10.0 Å². The minimum Gasteiger partial charge on any atom is -0.324 e. The molecule has 2 aromatic carbocycles. The van der Waals surface area contributed by atoms with Crippen LogP contribution in [-0.4, -0.2) is 26.6 Å². The zero-order chi connectivity index (χ0) is 17.9. The summed E-state index contributed by atoms with van der Waals surface area (Å²) in [6, 6.07) is 11.9. The van der Waals surface area contributed by atoms with Crippen LogP contribution in [0.1, 0.15) is 6.92 Å². The number of nitrogens with one attached hydrogen (secondary N) is 1. The first-order valence-electron chi connectivity index (χ1n) is 7.00. The molecule has 128 valence electrons. The topological polar surface area (TPSA) is 66.5 Å². The molecule has 24 heavy (non-hydrogen) atoms. The van der Waals surface area contributed by atoms with Crippen molar-refractivity contribution in [3.8, 4) is 0 Å². The first-order valence-corrected chi connectivity index (χ1v) is 9.60. The summed E-state index contributed by atoms with van der Waals surface area (Å²) in [5, 5.41) is 3.59. The molecule has 1 amide bonds. The van der Waals surface area contributed by atoms with E-state index in [1.54, 1.807) is 42.5 Å². The predicted molar refractivity (Wildman–Crippen MR) is 98.3 cm³/mol. The number of hydrogen-bond donors (Lipinski definition) is 1. The quantitative estimate of drug-likeness (QED) is 0.849. The summed E-state index contributed by atoms with van der Waals surface area (Å²) < 4.78 is 25.4. The van der Waals surface area contributed by atoms with Crippen LogP contribution in [0.25, 0.3) is 0 Å². The van der Waals surface area contributed by atoms with E-state index in [0.717, 1.165) is 10.6 Å². The molecule has 8 heteroatoms. The van der Waals surface area contributed by atoms with Crippen LogP contribution < -0.4 is 9.62 Å². The van der Waals surface area contributed by atoms with Crippen molar-refractivity contribution in [3.05, 3.63) is 58.6 Å². The average molecular weight is 387 g/mol. The number of anilines is 2. The van der Waals surface area contributed by atoms with E-state index in [9.17, 15) is 13.2 Å². The molecule has 0 radical (unpaired) electrons. The monoisotopic (exact) mass is 386 g/mol. The molecule has 0 saturated carbocycles. The Hall–Kier alpha value is -1.76. The number of carbonyl (C=O) groups is 1. The van der Waals surface area contributed by atoms with Crippen LogP contribution >= 0.6 is 23.2 Å². The van der Waals surface area contributed by atoms with E-state index in [1.165, 1.54) is 13.0 Å².